The van der Waals surface area contributed by atoms with Gasteiger partial charge in [-0.15, -0.1) is 24.8 Å². The van der Waals surface area contributed by atoms with Gasteiger partial charge in [0.15, 0.2) is 6.10 Å². The van der Waals surface area contributed by atoms with E-state index < -0.39 is 6.10 Å². The van der Waals surface area contributed by atoms with Crippen LogP contribution in [0.5, 0.6) is 5.75 Å². The molecule has 1 aromatic rings. The van der Waals surface area contributed by atoms with Crippen LogP contribution in [0.2, 0.25) is 0 Å². The number of nitrogens with zero attached hydrogens (tertiary/aromatic N) is 2. The minimum Gasteiger partial charge on any atom is -0.479 e. The van der Waals surface area contributed by atoms with E-state index in [1.165, 1.54) is 6.42 Å². The number of carbonyl (C=O) groups is 1. The molecule has 3 heterocycles. The van der Waals surface area contributed by atoms with E-state index in [2.05, 4.69) is 10.3 Å². The maximum Gasteiger partial charge on any atom is 0.263 e. The van der Waals surface area contributed by atoms with Gasteiger partial charge in [-0.25, -0.2) is 0 Å². The number of piperidine rings is 1. The molecule has 2 fully saturated rings. The smallest absolute Gasteiger partial charge is 0.263 e. The van der Waals surface area contributed by atoms with Gasteiger partial charge in [0.05, 0.1) is 6.20 Å². The molecular weight excluding hydrogens is 337 g/mol. The molecule has 0 aliphatic carbocycles. The summed E-state index contributed by atoms with van der Waals surface area (Å²) in [4.78, 5) is 18.4. The summed E-state index contributed by atoms with van der Waals surface area (Å²) in [5.41, 5.74) is 0.435. The summed E-state index contributed by atoms with van der Waals surface area (Å²) in [5.74, 6) is 0.728. The molecule has 0 aromatic carbocycles. The van der Waals surface area contributed by atoms with Crippen molar-refractivity contribution >= 4 is 30.7 Å². The zero-order valence-electron chi connectivity index (χ0n) is 13.4. The summed E-state index contributed by atoms with van der Waals surface area (Å²) < 4.78 is 5.68. The first-order chi connectivity index (χ1) is 10.2. The van der Waals surface area contributed by atoms with E-state index in [1.54, 1.807) is 12.4 Å². The fourth-order valence-electron chi connectivity index (χ4n) is 3.35. The Morgan fingerprint density at radius 2 is 2.09 bits per heavy atom. The number of carbonyl (C=O) groups excluding carboxylic acids is 1. The summed E-state index contributed by atoms with van der Waals surface area (Å²) in [6.07, 6.45) is 6.33. The van der Waals surface area contributed by atoms with Crippen LogP contribution in [0.4, 0.5) is 0 Å². The van der Waals surface area contributed by atoms with Crippen LogP contribution in [0.15, 0.2) is 24.5 Å². The van der Waals surface area contributed by atoms with Crippen LogP contribution in [-0.2, 0) is 4.79 Å². The molecule has 23 heavy (non-hydrogen) atoms. The monoisotopic (exact) mass is 361 g/mol. The van der Waals surface area contributed by atoms with Gasteiger partial charge in [0, 0.05) is 25.8 Å². The second-order valence-electron chi connectivity index (χ2n) is 6.20. The lowest BCUT2D eigenvalue weighted by atomic mass is 9.78. The number of amides is 1. The zero-order valence-corrected chi connectivity index (χ0v) is 15.0. The lowest BCUT2D eigenvalue weighted by Crippen LogP contribution is -2.48. The van der Waals surface area contributed by atoms with Gasteiger partial charge in [-0.2, -0.15) is 0 Å². The molecule has 2 aliphatic heterocycles. The van der Waals surface area contributed by atoms with Gasteiger partial charge < -0.3 is 15.0 Å². The van der Waals surface area contributed by atoms with Gasteiger partial charge in [0.25, 0.3) is 5.91 Å². The fraction of sp³-hybridized carbons (Fsp3) is 0.625. The minimum absolute atomic E-state index is 0. The Labute approximate surface area is 150 Å². The van der Waals surface area contributed by atoms with Gasteiger partial charge >= 0.3 is 0 Å². The molecular formula is C16H25Cl2N3O2. The Kier molecular flexibility index (Phi) is 7.58. The van der Waals surface area contributed by atoms with E-state index in [9.17, 15) is 4.79 Å². The lowest BCUT2D eigenvalue weighted by molar-refractivity contribution is -0.140. The summed E-state index contributed by atoms with van der Waals surface area (Å²) >= 11 is 0. The highest BCUT2D eigenvalue weighted by atomic mass is 35.5. The van der Waals surface area contributed by atoms with Crippen molar-refractivity contribution in [1.82, 2.24) is 15.2 Å². The van der Waals surface area contributed by atoms with Crippen LogP contribution in [0.25, 0.3) is 0 Å². The zero-order chi connectivity index (χ0) is 14.7. The van der Waals surface area contributed by atoms with Crippen molar-refractivity contribution in [3.05, 3.63) is 24.5 Å². The van der Waals surface area contributed by atoms with E-state index >= 15 is 0 Å². The molecule has 1 N–H and O–H groups in total. The molecule has 1 atom stereocenters. The molecule has 0 radical (unpaired) electrons. The average molecular weight is 362 g/mol. The van der Waals surface area contributed by atoms with E-state index in [0.29, 0.717) is 11.2 Å². The normalized spacial score (nSPS) is 20.3. The van der Waals surface area contributed by atoms with E-state index in [0.717, 1.165) is 39.0 Å². The van der Waals surface area contributed by atoms with Crippen molar-refractivity contribution in [2.24, 2.45) is 5.41 Å². The van der Waals surface area contributed by atoms with Crippen LogP contribution in [0.3, 0.4) is 0 Å². The number of ether oxygens (including phenoxy) is 1. The summed E-state index contributed by atoms with van der Waals surface area (Å²) in [5, 5.41) is 3.45. The Balaban J connectivity index is 0.00000132. The fourth-order valence-corrected chi connectivity index (χ4v) is 3.35. The quantitative estimate of drug-likeness (QED) is 0.897. The topological polar surface area (TPSA) is 54.5 Å². The second-order valence-corrected chi connectivity index (χ2v) is 6.20. The van der Waals surface area contributed by atoms with Crippen molar-refractivity contribution in [1.29, 1.82) is 0 Å². The van der Waals surface area contributed by atoms with E-state index in [1.807, 2.05) is 24.0 Å². The van der Waals surface area contributed by atoms with Gasteiger partial charge in [-0.3, -0.25) is 9.78 Å². The van der Waals surface area contributed by atoms with Gasteiger partial charge in [-0.1, -0.05) is 0 Å². The Hall–Kier alpha value is -1.04. The van der Waals surface area contributed by atoms with Crippen LogP contribution < -0.4 is 10.1 Å². The number of hydrogen-bond donors (Lipinski definition) is 1. The van der Waals surface area contributed by atoms with Crippen LogP contribution in [-0.4, -0.2) is 48.1 Å². The van der Waals surface area contributed by atoms with Crippen molar-refractivity contribution in [2.45, 2.75) is 32.3 Å². The molecule has 2 saturated heterocycles. The Bertz CT molecular complexity index is 485. The highest BCUT2D eigenvalue weighted by molar-refractivity contribution is 5.85. The number of likely N-dealkylation sites (tertiary alicyclic amines) is 1. The Morgan fingerprint density at radius 1 is 1.35 bits per heavy atom. The predicted octanol–water partition coefficient (Wildman–Crippen LogP) is 2.29. The van der Waals surface area contributed by atoms with Gasteiger partial charge in [-0.05, 0) is 50.3 Å². The molecule has 3 rings (SSSR count). The van der Waals surface area contributed by atoms with Crippen LogP contribution in [0, 0.1) is 5.41 Å². The number of rotatable bonds is 3. The first-order valence-electron chi connectivity index (χ1n) is 7.75. The maximum atomic E-state index is 12.5. The summed E-state index contributed by atoms with van der Waals surface area (Å²) in [6, 6.07) is 3.64. The molecule has 0 bridgehead atoms. The third-order valence-corrected chi connectivity index (χ3v) is 4.76. The third kappa shape index (κ3) is 4.72. The molecule has 1 aromatic heterocycles. The first kappa shape index (κ1) is 20.0. The second kappa shape index (κ2) is 8.71. The molecule has 1 amide bonds. The molecule has 5 nitrogen and oxygen atoms in total. The molecule has 1 unspecified atom stereocenters. The van der Waals surface area contributed by atoms with Crippen molar-refractivity contribution in [2.75, 3.05) is 26.2 Å². The van der Waals surface area contributed by atoms with Crippen molar-refractivity contribution in [3.63, 3.8) is 0 Å². The van der Waals surface area contributed by atoms with Crippen LogP contribution in [0.1, 0.15) is 26.2 Å². The summed E-state index contributed by atoms with van der Waals surface area (Å²) in [7, 11) is 0. The highest BCUT2D eigenvalue weighted by Gasteiger charge is 2.38. The molecule has 0 saturated carbocycles. The van der Waals surface area contributed by atoms with E-state index in [4.69, 9.17) is 4.74 Å². The van der Waals surface area contributed by atoms with E-state index in [-0.39, 0.29) is 30.7 Å². The predicted molar refractivity (Wildman–Crippen MR) is 94.6 cm³/mol. The molecule has 7 heteroatoms. The largest absolute Gasteiger partial charge is 0.479 e. The van der Waals surface area contributed by atoms with Gasteiger partial charge in [0.2, 0.25) is 0 Å². The number of pyridine rings is 1. The summed E-state index contributed by atoms with van der Waals surface area (Å²) in [6.45, 7) is 5.74. The number of aromatic nitrogens is 1. The van der Waals surface area contributed by atoms with Crippen molar-refractivity contribution in [3.8, 4) is 5.75 Å². The average Bonchev–Trinajstić information content (AvgIpc) is 2.96. The highest BCUT2D eigenvalue weighted by Crippen LogP contribution is 2.37. The minimum atomic E-state index is -0.454. The van der Waals surface area contributed by atoms with Crippen molar-refractivity contribution < 1.29 is 9.53 Å². The molecule has 1 spiro atoms. The maximum absolute atomic E-state index is 12.5. The SMILES string of the molecule is CC(Oc1cccnc1)C(=O)N1CCC2(CCNC2)CC1.Cl.Cl. The van der Waals surface area contributed by atoms with Gasteiger partial charge in [0.1, 0.15) is 5.75 Å². The first-order valence-corrected chi connectivity index (χ1v) is 7.75. The molecule has 130 valence electrons. The Morgan fingerprint density at radius 3 is 2.65 bits per heavy atom. The lowest BCUT2D eigenvalue weighted by Gasteiger charge is -2.39. The van der Waals surface area contributed by atoms with Crippen LogP contribution >= 0.6 is 24.8 Å². The number of hydrogen-bond acceptors (Lipinski definition) is 4. The number of halogens is 2. The molecule has 2 aliphatic rings. The standard InChI is InChI=1S/C16H23N3O2.2ClH/c1-13(21-14-3-2-7-17-11-14)15(20)19-9-5-16(6-10-19)4-8-18-12-16;;/h2-3,7,11,13,18H,4-6,8-10,12H2,1H3;2*1H. The third-order valence-electron chi connectivity index (χ3n) is 4.76. The number of nitrogens with one attached hydrogen (secondary N) is 1.